The SMILES string of the molecule is COc1ccc(CCC(=O)N2CCC(NS(=O)(=O)c3ccccc3)CC2)cc1. The summed E-state index contributed by atoms with van der Waals surface area (Å²) in [5.41, 5.74) is 1.10. The number of likely N-dealkylation sites (tertiary alicyclic amines) is 1. The van der Waals surface area contributed by atoms with Gasteiger partial charge in [-0.25, -0.2) is 13.1 Å². The molecule has 0 bridgehead atoms. The molecule has 1 aliphatic rings. The van der Waals surface area contributed by atoms with Crippen molar-refractivity contribution in [3.05, 3.63) is 60.2 Å². The highest BCUT2D eigenvalue weighted by atomic mass is 32.2. The molecular weight excluding hydrogens is 376 g/mol. The first-order valence-corrected chi connectivity index (χ1v) is 10.9. The lowest BCUT2D eigenvalue weighted by Gasteiger charge is -2.32. The molecule has 7 heteroatoms. The lowest BCUT2D eigenvalue weighted by atomic mass is 10.0. The minimum atomic E-state index is -3.51. The van der Waals surface area contributed by atoms with Crippen molar-refractivity contribution in [1.82, 2.24) is 9.62 Å². The van der Waals surface area contributed by atoms with Crippen molar-refractivity contribution in [1.29, 1.82) is 0 Å². The molecule has 1 saturated heterocycles. The number of hydrogen-bond acceptors (Lipinski definition) is 4. The molecule has 0 aromatic heterocycles. The van der Waals surface area contributed by atoms with Crippen LogP contribution >= 0.6 is 0 Å². The number of piperidine rings is 1. The summed E-state index contributed by atoms with van der Waals surface area (Å²) in [6.07, 6.45) is 2.39. The second-order valence-corrected chi connectivity index (χ2v) is 8.65. The maximum absolute atomic E-state index is 12.5. The van der Waals surface area contributed by atoms with Crippen molar-refractivity contribution in [2.75, 3.05) is 20.2 Å². The zero-order valence-corrected chi connectivity index (χ0v) is 16.8. The van der Waals surface area contributed by atoms with Gasteiger partial charge in [0.1, 0.15) is 5.75 Å². The maximum atomic E-state index is 12.5. The van der Waals surface area contributed by atoms with Gasteiger partial charge in [0.2, 0.25) is 15.9 Å². The average Bonchev–Trinajstić information content (AvgIpc) is 2.73. The fraction of sp³-hybridized carbons (Fsp3) is 0.381. The predicted octanol–water partition coefficient (Wildman–Crippen LogP) is 2.60. The summed E-state index contributed by atoms with van der Waals surface area (Å²) in [7, 11) is -1.89. The van der Waals surface area contributed by atoms with E-state index in [0.29, 0.717) is 38.8 Å². The zero-order chi connectivity index (χ0) is 20.0. The van der Waals surface area contributed by atoms with E-state index in [9.17, 15) is 13.2 Å². The van der Waals surface area contributed by atoms with Crippen LogP contribution in [0.1, 0.15) is 24.8 Å². The molecule has 28 heavy (non-hydrogen) atoms. The third-order valence-electron chi connectivity index (χ3n) is 5.01. The van der Waals surface area contributed by atoms with Crippen LogP contribution in [0.25, 0.3) is 0 Å². The molecule has 3 rings (SSSR count). The number of rotatable bonds is 7. The number of nitrogens with zero attached hydrogens (tertiary/aromatic N) is 1. The lowest BCUT2D eigenvalue weighted by molar-refractivity contribution is -0.132. The van der Waals surface area contributed by atoms with Crippen LogP contribution < -0.4 is 9.46 Å². The molecule has 1 aliphatic heterocycles. The number of carbonyl (C=O) groups is 1. The first-order valence-electron chi connectivity index (χ1n) is 9.46. The second-order valence-electron chi connectivity index (χ2n) is 6.94. The van der Waals surface area contributed by atoms with Crippen LogP contribution in [-0.2, 0) is 21.2 Å². The fourth-order valence-corrected chi connectivity index (χ4v) is 4.66. The van der Waals surface area contributed by atoms with Crippen molar-refractivity contribution in [3.63, 3.8) is 0 Å². The fourth-order valence-electron chi connectivity index (χ4n) is 3.34. The van der Waals surface area contributed by atoms with Crippen molar-refractivity contribution >= 4 is 15.9 Å². The highest BCUT2D eigenvalue weighted by Crippen LogP contribution is 2.17. The minimum Gasteiger partial charge on any atom is -0.497 e. The maximum Gasteiger partial charge on any atom is 0.240 e. The smallest absolute Gasteiger partial charge is 0.240 e. The average molecular weight is 403 g/mol. The third-order valence-corrected chi connectivity index (χ3v) is 6.55. The van der Waals surface area contributed by atoms with Crippen LogP contribution in [0.15, 0.2) is 59.5 Å². The summed E-state index contributed by atoms with van der Waals surface area (Å²) >= 11 is 0. The van der Waals surface area contributed by atoms with E-state index >= 15 is 0 Å². The number of sulfonamides is 1. The van der Waals surface area contributed by atoms with E-state index in [1.54, 1.807) is 37.4 Å². The summed E-state index contributed by atoms with van der Waals surface area (Å²) in [5, 5.41) is 0. The van der Waals surface area contributed by atoms with Crippen molar-refractivity contribution in [2.45, 2.75) is 36.6 Å². The Morgan fingerprint density at radius 2 is 1.71 bits per heavy atom. The van der Waals surface area contributed by atoms with E-state index in [-0.39, 0.29) is 16.8 Å². The van der Waals surface area contributed by atoms with E-state index in [0.717, 1.165) is 11.3 Å². The van der Waals surface area contributed by atoms with Crippen molar-refractivity contribution in [2.24, 2.45) is 0 Å². The Bertz CT molecular complexity index is 874. The normalized spacial score (nSPS) is 15.4. The Morgan fingerprint density at radius 3 is 2.32 bits per heavy atom. The monoisotopic (exact) mass is 402 g/mol. The number of ether oxygens (including phenoxy) is 1. The molecule has 0 aliphatic carbocycles. The summed E-state index contributed by atoms with van der Waals surface area (Å²) < 4.78 is 32.7. The Morgan fingerprint density at radius 1 is 1.07 bits per heavy atom. The lowest BCUT2D eigenvalue weighted by Crippen LogP contribution is -2.46. The van der Waals surface area contributed by atoms with Gasteiger partial charge in [-0.1, -0.05) is 30.3 Å². The predicted molar refractivity (Wildman–Crippen MR) is 108 cm³/mol. The Hall–Kier alpha value is -2.38. The number of nitrogens with one attached hydrogen (secondary N) is 1. The molecule has 1 fully saturated rings. The van der Waals surface area contributed by atoms with Crippen molar-refractivity contribution in [3.8, 4) is 5.75 Å². The van der Waals surface area contributed by atoms with Gasteiger partial charge in [0.15, 0.2) is 0 Å². The van der Waals surface area contributed by atoms with Gasteiger partial charge >= 0.3 is 0 Å². The van der Waals surface area contributed by atoms with Crippen LogP contribution in [-0.4, -0.2) is 45.5 Å². The first-order chi connectivity index (χ1) is 13.5. The molecule has 0 unspecified atom stereocenters. The molecule has 2 aromatic carbocycles. The Labute approximate surface area is 166 Å². The van der Waals surface area contributed by atoms with Gasteiger partial charge in [-0.05, 0) is 49.1 Å². The van der Waals surface area contributed by atoms with Crippen LogP contribution in [0.5, 0.6) is 5.75 Å². The molecule has 0 saturated carbocycles. The van der Waals surface area contributed by atoms with E-state index in [1.807, 2.05) is 29.2 Å². The molecule has 0 spiro atoms. The number of methoxy groups -OCH3 is 1. The number of aryl methyl sites for hydroxylation is 1. The molecule has 1 N–H and O–H groups in total. The summed E-state index contributed by atoms with van der Waals surface area (Å²) in [6.45, 7) is 1.15. The molecular formula is C21H26N2O4S. The standard InChI is InChI=1S/C21H26N2O4S/c1-27-19-10-7-17(8-11-19)9-12-21(24)23-15-13-18(14-16-23)22-28(25,26)20-5-3-2-4-6-20/h2-8,10-11,18,22H,9,12-16H2,1H3. The first kappa shape index (κ1) is 20.4. The third kappa shape index (κ3) is 5.33. The molecule has 1 amide bonds. The summed E-state index contributed by atoms with van der Waals surface area (Å²) in [5.74, 6) is 0.912. The molecule has 6 nitrogen and oxygen atoms in total. The quantitative estimate of drug-likeness (QED) is 0.772. The van der Waals surface area contributed by atoms with E-state index in [4.69, 9.17) is 4.74 Å². The molecule has 0 atom stereocenters. The number of hydrogen-bond donors (Lipinski definition) is 1. The van der Waals surface area contributed by atoms with Gasteiger partial charge < -0.3 is 9.64 Å². The van der Waals surface area contributed by atoms with Gasteiger partial charge in [-0.3, -0.25) is 4.79 Å². The molecule has 150 valence electrons. The van der Waals surface area contributed by atoms with Gasteiger partial charge in [0.25, 0.3) is 0 Å². The Balaban J connectivity index is 1.46. The largest absolute Gasteiger partial charge is 0.497 e. The van der Waals surface area contributed by atoms with Crippen LogP contribution in [0, 0.1) is 0 Å². The van der Waals surface area contributed by atoms with Gasteiger partial charge in [0.05, 0.1) is 12.0 Å². The minimum absolute atomic E-state index is 0.111. The molecule has 0 radical (unpaired) electrons. The molecule has 2 aromatic rings. The number of benzene rings is 2. The van der Waals surface area contributed by atoms with Crippen LogP contribution in [0.3, 0.4) is 0 Å². The topological polar surface area (TPSA) is 75.7 Å². The number of amides is 1. The van der Waals surface area contributed by atoms with Gasteiger partial charge in [-0.2, -0.15) is 0 Å². The van der Waals surface area contributed by atoms with Gasteiger partial charge in [0, 0.05) is 25.6 Å². The Kier molecular flexibility index (Phi) is 6.70. The second kappa shape index (κ2) is 9.21. The zero-order valence-electron chi connectivity index (χ0n) is 16.0. The van der Waals surface area contributed by atoms with Crippen LogP contribution in [0.4, 0.5) is 0 Å². The van der Waals surface area contributed by atoms with Crippen LogP contribution in [0.2, 0.25) is 0 Å². The van der Waals surface area contributed by atoms with Crippen molar-refractivity contribution < 1.29 is 17.9 Å². The summed E-state index contributed by atoms with van der Waals surface area (Å²) in [4.78, 5) is 14.6. The van der Waals surface area contributed by atoms with Gasteiger partial charge in [-0.15, -0.1) is 0 Å². The van der Waals surface area contributed by atoms with E-state index in [1.165, 1.54) is 0 Å². The summed E-state index contributed by atoms with van der Waals surface area (Å²) in [6, 6.07) is 15.9. The number of carbonyl (C=O) groups excluding carboxylic acids is 1. The molecule has 1 heterocycles. The highest BCUT2D eigenvalue weighted by molar-refractivity contribution is 7.89. The highest BCUT2D eigenvalue weighted by Gasteiger charge is 2.26. The van der Waals surface area contributed by atoms with E-state index in [2.05, 4.69) is 4.72 Å². The van der Waals surface area contributed by atoms with E-state index < -0.39 is 10.0 Å².